The number of nitrogen functional groups attached to an aromatic ring is 1. The molecule has 1 aromatic heterocycles. The molecule has 0 spiro atoms. The number of allylic oxidation sites excluding steroid dienone is 1. The Kier molecular flexibility index (Phi) is 5.67. The molecular weight excluding hydrogens is 459 g/mol. The summed E-state index contributed by atoms with van der Waals surface area (Å²) in [6, 6.07) is 10.1. The Morgan fingerprint density at radius 2 is 1.88 bits per heavy atom. The van der Waals surface area contributed by atoms with Crippen LogP contribution in [0.3, 0.4) is 0 Å². The fraction of sp³-hybridized carbons (Fsp3) is 0. The monoisotopic (exact) mass is 468 g/mol. The molecule has 0 unspecified atom stereocenters. The van der Waals surface area contributed by atoms with Crippen molar-refractivity contribution in [1.82, 2.24) is 4.98 Å². The van der Waals surface area contributed by atoms with Gasteiger partial charge in [0.05, 0.1) is 20.6 Å². The number of aromatic nitrogens is 1. The van der Waals surface area contributed by atoms with E-state index in [2.05, 4.69) is 20.9 Å². The third kappa shape index (κ3) is 4.10. The van der Waals surface area contributed by atoms with Crippen LogP contribution in [0.25, 0.3) is 17.3 Å². The van der Waals surface area contributed by atoms with Crippen LogP contribution in [0.1, 0.15) is 15.2 Å². The van der Waals surface area contributed by atoms with Gasteiger partial charge in [0.25, 0.3) is 0 Å². The lowest BCUT2D eigenvalue weighted by Gasteiger charge is -2.04. The number of thiazole rings is 1. The maximum Gasteiger partial charge on any atom is 0.189 e. The average molecular weight is 470 g/mol. The molecule has 132 valence electrons. The molecule has 2 aromatic carbocycles. The number of halogens is 3. The van der Waals surface area contributed by atoms with Gasteiger partial charge in [0.2, 0.25) is 0 Å². The normalized spacial score (nSPS) is 11.2. The fourth-order valence-electron chi connectivity index (χ4n) is 2.27. The molecule has 0 aliphatic carbocycles. The third-order valence-electron chi connectivity index (χ3n) is 3.47. The van der Waals surface area contributed by atoms with Crippen molar-refractivity contribution in [2.45, 2.75) is 0 Å². The second kappa shape index (κ2) is 7.80. The molecule has 26 heavy (non-hydrogen) atoms. The molecule has 0 fully saturated rings. The van der Waals surface area contributed by atoms with E-state index >= 15 is 0 Å². The van der Waals surface area contributed by atoms with Gasteiger partial charge in [-0.2, -0.15) is 0 Å². The molecule has 4 nitrogen and oxygen atoms in total. The van der Waals surface area contributed by atoms with Crippen molar-refractivity contribution in [1.29, 1.82) is 0 Å². The van der Waals surface area contributed by atoms with E-state index in [0.717, 1.165) is 10.4 Å². The zero-order valence-electron chi connectivity index (χ0n) is 13.0. The van der Waals surface area contributed by atoms with Crippen molar-refractivity contribution < 1.29 is 9.90 Å². The van der Waals surface area contributed by atoms with Crippen molar-refractivity contribution in [3.63, 3.8) is 0 Å². The first-order valence-corrected chi connectivity index (χ1v) is 9.64. The minimum atomic E-state index is -0.389. The van der Waals surface area contributed by atoms with Gasteiger partial charge in [-0.25, -0.2) is 4.98 Å². The second-order valence-corrected chi connectivity index (χ2v) is 8.04. The summed E-state index contributed by atoms with van der Waals surface area (Å²) in [7, 11) is 0. The zero-order valence-corrected chi connectivity index (χ0v) is 17.0. The van der Waals surface area contributed by atoms with Gasteiger partial charge in [0.1, 0.15) is 5.75 Å². The summed E-state index contributed by atoms with van der Waals surface area (Å²) in [6.45, 7) is 0. The van der Waals surface area contributed by atoms with Gasteiger partial charge in [-0.15, -0.1) is 0 Å². The van der Waals surface area contributed by atoms with Crippen LogP contribution in [0.4, 0.5) is 5.13 Å². The number of phenols is 1. The van der Waals surface area contributed by atoms with Gasteiger partial charge in [0, 0.05) is 15.6 Å². The molecule has 0 amide bonds. The number of nitrogens with zero attached hydrogens (tertiary/aromatic N) is 1. The van der Waals surface area contributed by atoms with Crippen molar-refractivity contribution in [3.05, 3.63) is 67.4 Å². The van der Waals surface area contributed by atoms with Gasteiger partial charge >= 0.3 is 0 Å². The lowest BCUT2D eigenvalue weighted by Crippen LogP contribution is -1.95. The van der Waals surface area contributed by atoms with E-state index in [0.29, 0.717) is 25.3 Å². The molecule has 0 aliphatic rings. The van der Waals surface area contributed by atoms with Crippen LogP contribution in [0.2, 0.25) is 10.0 Å². The second-order valence-electron chi connectivity index (χ2n) is 5.25. The van der Waals surface area contributed by atoms with E-state index in [1.54, 1.807) is 18.2 Å². The zero-order chi connectivity index (χ0) is 18.8. The first-order valence-electron chi connectivity index (χ1n) is 7.28. The first kappa shape index (κ1) is 18.9. The smallest absolute Gasteiger partial charge is 0.189 e. The number of hydrogen-bond donors (Lipinski definition) is 2. The van der Waals surface area contributed by atoms with Crippen LogP contribution >= 0.6 is 50.5 Å². The van der Waals surface area contributed by atoms with E-state index in [1.165, 1.54) is 29.5 Å². The average Bonchev–Trinajstić information content (AvgIpc) is 2.97. The van der Waals surface area contributed by atoms with Crippen molar-refractivity contribution in [2.75, 3.05) is 5.73 Å². The van der Waals surface area contributed by atoms with Crippen molar-refractivity contribution in [3.8, 4) is 17.0 Å². The van der Waals surface area contributed by atoms with Crippen LogP contribution < -0.4 is 5.73 Å². The molecule has 0 bridgehead atoms. The van der Waals surface area contributed by atoms with Gasteiger partial charge in [-0.3, -0.25) is 4.79 Å². The lowest BCUT2D eigenvalue weighted by atomic mass is 10.1. The Hall–Kier alpha value is -1.86. The number of phenolic OH excluding ortho intramolecular Hbond substituents is 1. The molecule has 0 atom stereocenters. The Labute approximate surface area is 172 Å². The summed E-state index contributed by atoms with van der Waals surface area (Å²) < 4.78 is 0.352. The lowest BCUT2D eigenvalue weighted by molar-refractivity contribution is 0.104. The van der Waals surface area contributed by atoms with E-state index in [9.17, 15) is 9.90 Å². The summed E-state index contributed by atoms with van der Waals surface area (Å²) >= 11 is 16.3. The predicted molar refractivity (Wildman–Crippen MR) is 111 cm³/mol. The number of nitrogens with two attached hydrogens (primary N) is 1. The van der Waals surface area contributed by atoms with Gasteiger partial charge in [-0.05, 0) is 52.3 Å². The molecule has 0 saturated heterocycles. The van der Waals surface area contributed by atoms with E-state index in [4.69, 9.17) is 28.9 Å². The van der Waals surface area contributed by atoms with Crippen molar-refractivity contribution >= 4 is 67.5 Å². The molecular formula is C18H11BrCl2N2O2S. The number of rotatable bonds is 4. The maximum atomic E-state index is 12.5. The summed E-state index contributed by atoms with van der Waals surface area (Å²) in [4.78, 5) is 17.5. The Balaban J connectivity index is 1.94. The minimum Gasteiger partial charge on any atom is -0.506 e. The van der Waals surface area contributed by atoms with E-state index in [-0.39, 0.29) is 17.1 Å². The Morgan fingerprint density at radius 1 is 1.19 bits per heavy atom. The molecule has 3 rings (SSSR count). The van der Waals surface area contributed by atoms with Gasteiger partial charge in [0.15, 0.2) is 10.9 Å². The quantitative estimate of drug-likeness (QED) is 0.359. The molecule has 0 saturated carbocycles. The molecule has 0 radical (unpaired) electrons. The molecule has 8 heteroatoms. The number of anilines is 1. The van der Waals surface area contributed by atoms with Crippen LogP contribution in [-0.2, 0) is 0 Å². The first-order chi connectivity index (χ1) is 12.3. The summed E-state index contributed by atoms with van der Waals surface area (Å²) in [5, 5.41) is 11.4. The minimum absolute atomic E-state index is 0.103. The SMILES string of the molecule is Nc1nc(-c2ccc(Cl)cc2)c(/C=C/C(=O)c2cc(Cl)cc(Br)c2O)s1. The largest absolute Gasteiger partial charge is 0.506 e. The van der Waals surface area contributed by atoms with E-state index in [1.807, 2.05) is 12.1 Å². The Morgan fingerprint density at radius 3 is 2.58 bits per heavy atom. The van der Waals surface area contributed by atoms with Gasteiger partial charge < -0.3 is 10.8 Å². The number of benzene rings is 2. The standard InChI is InChI=1S/C18H11BrCl2N2O2S/c19-13-8-11(21)7-12(17(13)25)14(24)5-6-15-16(23-18(22)26-15)9-1-3-10(20)4-2-9/h1-8,25H,(H2,22,23)/b6-5+. The summed E-state index contributed by atoms with van der Waals surface area (Å²) in [5.74, 6) is -0.550. The molecule has 3 aromatic rings. The van der Waals surface area contributed by atoms with Crippen LogP contribution in [0.15, 0.2) is 46.9 Å². The number of carbonyl (C=O) groups is 1. The number of aromatic hydroxyl groups is 1. The highest BCUT2D eigenvalue weighted by Gasteiger charge is 2.14. The Bertz CT molecular complexity index is 1020. The number of ketones is 1. The fourth-order valence-corrected chi connectivity index (χ4v) is 3.97. The third-order valence-corrected chi connectivity index (χ3v) is 5.39. The highest BCUT2D eigenvalue weighted by Crippen LogP contribution is 2.34. The molecule has 1 heterocycles. The van der Waals surface area contributed by atoms with E-state index < -0.39 is 0 Å². The maximum absolute atomic E-state index is 12.5. The van der Waals surface area contributed by atoms with Gasteiger partial charge in [-0.1, -0.05) is 46.7 Å². The van der Waals surface area contributed by atoms with Crippen LogP contribution in [0, 0.1) is 0 Å². The summed E-state index contributed by atoms with van der Waals surface area (Å²) in [5.41, 5.74) is 7.42. The van der Waals surface area contributed by atoms with Crippen molar-refractivity contribution in [2.24, 2.45) is 0 Å². The highest BCUT2D eigenvalue weighted by atomic mass is 79.9. The molecule has 3 N–H and O–H groups in total. The van der Waals surface area contributed by atoms with Crippen LogP contribution in [0.5, 0.6) is 5.75 Å². The number of carbonyl (C=O) groups excluding carboxylic acids is 1. The summed E-state index contributed by atoms with van der Waals surface area (Å²) in [6.07, 6.45) is 2.97. The van der Waals surface area contributed by atoms with Crippen LogP contribution in [-0.4, -0.2) is 15.9 Å². The molecule has 0 aliphatic heterocycles. The predicted octanol–water partition coefficient (Wildman–Crippen LogP) is 6.06. The topological polar surface area (TPSA) is 76.2 Å². The number of hydrogen-bond acceptors (Lipinski definition) is 5. The highest BCUT2D eigenvalue weighted by molar-refractivity contribution is 9.10.